The first kappa shape index (κ1) is 21.7. The van der Waals surface area contributed by atoms with E-state index in [4.69, 9.17) is 13.9 Å². The number of aromatic nitrogens is 1. The van der Waals surface area contributed by atoms with Crippen LogP contribution in [0.1, 0.15) is 22.5 Å². The number of halogens is 2. The largest absolute Gasteiger partial charge is 0.493 e. The normalized spacial score (nSPS) is 14.0. The van der Waals surface area contributed by atoms with Gasteiger partial charge in [0.15, 0.2) is 23.1 Å². The molecule has 0 N–H and O–H groups in total. The van der Waals surface area contributed by atoms with Crippen molar-refractivity contribution >= 4 is 29.5 Å². The summed E-state index contributed by atoms with van der Waals surface area (Å²) in [5, 5.41) is 0. The molecular weight excluding hydrogens is 444 g/mol. The Kier molecular flexibility index (Phi) is 6.82. The standard InChI is InChI=1S/C22H19F2NO4S2/c1-27-18-10-13(22-30-8-9-31-22)2-5-17(18)29-21(26)7-6-20-25-12-19(28-20)15-4-3-14(23)11-16(15)24/h2-5,10-12,22H,6-9H2,1H3. The minimum absolute atomic E-state index is 0.0189. The van der Waals surface area contributed by atoms with Crippen molar-refractivity contribution in [3.8, 4) is 22.8 Å². The number of carbonyl (C=O) groups excluding carboxylic acids is 1. The smallest absolute Gasteiger partial charge is 0.311 e. The van der Waals surface area contributed by atoms with Crippen molar-refractivity contribution in [3.63, 3.8) is 0 Å². The molecule has 0 saturated carbocycles. The van der Waals surface area contributed by atoms with Gasteiger partial charge in [-0.05, 0) is 29.8 Å². The first-order valence-electron chi connectivity index (χ1n) is 9.55. The van der Waals surface area contributed by atoms with Gasteiger partial charge in [-0.25, -0.2) is 13.8 Å². The van der Waals surface area contributed by atoms with E-state index >= 15 is 0 Å². The van der Waals surface area contributed by atoms with Crippen LogP contribution in [0, 0.1) is 11.6 Å². The van der Waals surface area contributed by atoms with Crippen LogP contribution in [0.25, 0.3) is 11.3 Å². The van der Waals surface area contributed by atoms with Crippen LogP contribution in [0.4, 0.5) is 8.78 Å². The Morgan fingerprint density at radius 2 is 1.97 bits per heavy atom. The minimum Gasteiger partial charge on any atom is -0.493 e. The molecule has 0 aliphatic carbocycles. The first-order chi connectivity index (χ1) is 15.0. The van der Waals surface area contributed by atoms with Crippen molar-refractivity contribution in [2.45, 2.75) is 17.4 Å². The number of ether oxygens (including phenoxy) is 2. The Morgan fingerprint density at radius 3 is 2.71 bits per heavy atom. The zero-order valence-electron chi connectivity index (χ0n) is 16.6. The summed E-state index contributed by atoms with van der Waals surface area (Å²) in [6.07, 6.45) is 1.54. The predicted octanol–water partition coefficient (Wildman–Crippen LogP) is 5.65. The summed E-state index contributed by atoms with van der Waals surface area (Å²) < 4.78 is 43.7. The van der Waals surface area contributed by atoms with E-state index in [2.05, 4.69) is 4.98 Å². The fourth-order valence-corrected chi connectivity index (χ4v) is 5.93. The van der Waals surface area contributed by atoms with Gasteiger partial charge < -0.3 is 13.9 Å². The molecule has 162 valence electrons. The van der Waals surface area contributed by atoms with Crippen LogP contribution in [0.15, 0.2) is 47.0 Å². The maximum absolute atomic E-state index is 13.9. The molecule has 1 aliphatic heterocycles. The Hall–Kier alpha value is -2.52. The van der Waals surface area contributed by atoms with Crippen molar-refractivity contribution in [2.75, 3.05) is 18.6 Å². The van der Waals surface area contributed by atoms with Crippen molar-refractivity contribution < 1.29 is 27.5 Å². The van der Waals surface area contributed by atoms with Crippen LogP contribution in [0.3, 0.4) is 0 Å². The average molecular weight is 464 g/mol. The van der Waals surface area contributed by atoms with Crippen molar-refractivity contribution in [3.05, 3.63) is 65.7 Å². The summed E-state index contributed by atoms with van der Waals surface area (Å²) in [6.45, 7) is 0. The number of methoxy groups -OCH3 is 1. The zero-order valence-corrected chi connectivity index (χ0v) is 18.2. The molecule has 1 fully saturated rings. The molecule has 2 aromatic carbocycles. The van der Waals surface area contributed by atoms with Gasteiger partial charge in [-0.2, -0.15) is 0 Å². The summed E-state index contributed by atoms with van der Waals surface area (Å²) in [5.74, 6) is 1.63. The molecule has 0 radical (unpaired) electrons. The predicted molar refractivity (Wildman–Crippen MR) is 116 cm³/mol. The summed E-state index contributed by atoms with van der Waals surface area (Å²) in [5.41, 5.74) is 1.23. The van der Waals surface area contributed by atoms with E-state index in [1.165, 1.54) is 19.4 Å². The third kappa shape index (κ3) is 5.22. The van der Waals surface area contributed by atoms with Gasteiger partial charge in [0.2, 0.25) is 0 Å². The molecule has 4 rings (SSSR count). The van der Waals surface area contributed by atoms with Crippen LogP contribution < -0.4 is 9.47 Å². The lowest BCUT2D eigenvalue weighted by Crippen LogP contribution is -2.10. The van der Waals surface area contributed by atoms with Gasteiger partial charge in [-0.15, -0.1) is 23.5 Å². The molecule has 0 bridgehead atoms. The lowest BCUT2D eigenvalue weighted by Gasteiger charge is -2.13. The fraction of sp³-hybridized carbons (Fsp3) is 0.273. The van der Waals surface area contributed by atoms with Crippen LogP contribution in [-0.4, -0.2) is 29.6 Å². The summed E-state index contributed by atoms with van der Waals surface area (Å²) >= 11 is 3.76. The Morgan fingerprint density at radius 1 is 1.16 bits per heavy atom. The number of benzene rings is 2. The zero-order chi connectivity index (χ0) is 21.8. The quantitative estimate of drug-likeness (QED) is 0.332. The lowest BCUT2D eigenvalue weighted by molar-refractivity contribution is -0.134. The lowest BCUT2D eigenvalue weighted by atomic mass is 10.2. The molecule has 3 aromatic rings. The SMILES string of the molecule is COc1cc(C2SCCS2)ccc1OC(=O)CCc1ncc(-c2ccc(F)cc2F)o1. The molecule has 0 atom stereocenters. The number of rotatable bonds is 7. The molecule has 5 nitrogen and oxygen atoms in total. The number of oxazole rings is 1. The van der Waals surface area contributed by atoms with E-state index in [1.54, 1.807) is 6.07 Å². The van der Waals surface area contributed by atoms with Gasteiger partial charge in [0.05, 0.1) is 29.9 Å². The Labute approximate surface area is 186 Å². The molecule has 31 heavy (non-hydrogen) atoms. The highest BCUT2D eigenvalue weighted by Crippen LogP contribution is 2.47. The van der Waals surface area contributed by atoms with Crippen molar-refractivity contribution in [1.29, 1.82) is 0 Å². The molecule has 9 heteroatoms. The second-order valence-electron chi connectivity index (χ2n) is 6.70. The highest BCUT2D eigenvalue weighted by molar-refractivity contribution is 8.19. The number of carbonyl (C=O) groups is 1. The number of aryl methyl sites for hydroxylation is 1. The highest BCUT2D eigenvalue weighted by Gasteiger charge is 2.21. The first-order valence-corrected chi connectivity index (χ1v) is 11.6. The van der Waals surface area contributed by atoms with Crippen molar-refractivity contribution in [2.24, 2.45) is 0 Å². The topological polar surface area (TPSA) is 61.6 Å². The Balaban J connectivity index is 1.37. The van der Waals surface area contributed by atoms with E-state index in [0.717, 1.165) is 29.2 Å². The number of nitrogens with zero attached hydrogens (tertiary/aromatic N) is 1. The molecule has 0 spiro atoms. The van der Waals surface area contributed by atoms with E-state index in [-0.39, 0.29) is 30.1 Å². The maximum atomic E-state index is 13.9. The fourth-order valence-electron chi connectivity index (χ4n) is 3.09. The molecule has 0 amide bonds. The second-order valence-corrected chi connectivity index (χ2v) is 9.42. The number of hydrogen-bond donors (Lipinski definition) is 0. The van der Waals surface area contributed by atoms with Crippen LogP contribution in [0.2, 0.25) is 0 Å². The highest BCUT2D eigenvalue weighted by atomic mass is 32.2. The molecule has 1 aromatic heterocycles. The van der Waals surface area contributed by atoms with Gasteiger partial charge in [0.25, 0.3) is 0 Å². The summed E-state index contributed by atoms with van der Waals surface area (Å²) in [7, 11) is 1.54. The van der Waals surface area contributed by atoms with E-state index in [9.17, 15) is 13.6 Å². The van der Waals surface area contributed by atoms with Gasteiger partial charge in [-0.1, -0.05) is 6.07 Å². The number of thioether (sulfide) groups is 2. The average Bonchev–Trinajstić information content (AvgIpc) is 3.45. The van der Waals surface area contributed by atoms with Gasteiger partial charge in [0.1, 0.15) is 11.6 Å². The third-order valence-corrected chi connectivity index (χ3v) is 7.70. The van der Waals surface area contributed by atoms with Crippen LogP contribution in [0.5, 0.6) is 11.5 Å². The van der Waals surface area contributed by atoms with E-state index in [0.29, 0.717) is 16.1 Å². The molecule has 0 unspecified atom stereocenters. The van der Waals surface area contributed by atoms with Gasteiger partial charge >= 0.3 is 5.97 Å². The molecule has 2 heterocycles. The summed E-state index contributed by atoms with van der Waals surface area (Å²) in [4.78, 5) is 16.4. The van der Waals surface area contributed by atoms with Crippen LogP contribution >= 0.6 is 23.5 Å². The van der Waals surface area contributed by atoms with Crippen molar-refractivity contribution in [1.82, 2.24) is 4.98 Å². The van der Waals surface area contributed by atoms with E-state index in [1.807, 2.05) is 35.7 Å². The van der Waals surface area contributed by atoms with Gasteiger partial charge in [0, 0.05) is 24.0 Å². The van der Waals surface area contributed by atoms with Crippen LogP contribution in [-0.2, 0) is 11.2 Å². The number of esters is 1. The molecular formula is C22H19F2NO4S2. The molecule has 1 saturated heterocycles. The monoisotopic (exact) mass is 463 g/mol. The van der Waals surface area contributed by atoms with E-state index < -0.39 is 17.6 Å². The molecule has 1 aliphatic rings. The minimum atomic E-state index is -0.743. The summed E-state index contributed by atoms with van der Waals surface area (Å²) in [6, 6.07) is 8.78. The third-order valence-electron chi connectivity index (χ3n) is 4.60. The maximum Gasteiger partial charge on any atom is 0.311 e. The Bertz CT molecular complexity index is 1080. The number of hydrogen-bond acceptors (Lipinski definition) is 7. The van der Waals surface area contributed by atoms with Gasteiger partial charge in [-0.3, -0.25) is 4.79 Å². The second kappa shape index (κ2) is 9.74.